The zero-order valence-electron chi connectivity index (χ0n) is 14.4. The Balaban J connectivity index is 1.59. The van der Waals surface area contributed by atoms with Crippen LogP contribution in [0.25, 0.3) is 0 Å². The molecule has 0 fully saturated rings. The van der Waals surface area contributed by atoms with Crippen LogP contribution in [0, 0.1) is 0 Å². The molecule has 8 nitrogen and oxygen atoms in total. The zero-order chi connectivity index (χ0) is 19.3. The van der Waals surface area contributed by atoms with Crippen molar-refractivity contribution < 1.29 is 13.2 Å². The number of carbonyl (C=O) groups is 1. The van der Waals surface area contributed by atoms with Crippen molar-refractivity contribution in [3.8, 4) is 0 Å². The summed E-state index contributed by atoms with van der Waals surface area (Å²) < 4.78 is 24.3. The second kappa shape index (κ2) is 8.02. The predicted molar refractivity (Wildman–Crippen MR) is 101 cm³/mol. The van der Waals surface area contributed by atoms with E-state index >= 15 is 0 Å². The number of carbonyl (C=O) groups excluding carboxylic acids is 1. The molecule has 3 aromatic rings. The van der Waals surface area contributed by atoms with Crippen molar-refractivity contribution in [3.63, 3.8) is 0 Å². The fourth-order valence-electron chi connectivity index (χ4n) is 2.53. The van der Waals surface area contributed by atoms with Crippen molar-refractivity contribution in [2.24, 2.45) is 5.14 Å². The summed E-state index contributed by atoms with van der Waals surface area (Å²) in [5.74, 6) is 0. The van der Waals surface area contributed by atoms with E-state index in [-0.39, 0.29) is 4.90 Å². The summed E-state index contributed by atoms with van der Waals surface area (Å²) in [4.78, 5) is 12.1. The molecule has 0 aliphatic heterocycles. The van der Waals surface area contributed by atoms with Gasteiger partial charge in [-0.1, -0.05) is 24.3 Å². The topological polar surface area (TPSA) is 119 Å². The molecule has 0 bridgehead atoms. The van der Waals surface area contributed by atoms with Gasteiger partial charge in [-0.05, 0) is 41.5 Å². The number of hydrogen-bond acceptors (Lipinski definition) is 4. The average Bonchev–Trinajstić information content (AvgIpc) is 3.14. The van der Waals surface area contributed by atoms with Crippen LogP contribution < -0.4 is 15.8 Å². The number of aromatic nitrogens is 2. The first-order valence-corrected chi connectivity index (χ1v) is 9.68. The van der Waals surface area contributed by atoms with Gasteiger partial charge in [-0.25, -0.2) is 18.4 Å². The van der Waals surface area contributed by atoms with Crippen LogP contribution >= 0.6 is 0 Å². The normalized spacial score (nSPS) is 11.1. The Morgan fingerprint density at radius 2 is 1.74 bits per heavy atom. The van der Waals surface area contributed by atoms with Gasteiger partial charge in [0, 0.05) is 24.6 Å². The number of nitrogens with zero attached hydrogens (tertiary/aromatic N) is 2. The molecule has 0 spiro atoms. The molecule has 0 unspecified atom stereocenters. The number of urea groups is 1. The van der Waals surface area contributed by atoms with Crippen LogP contribution in [0.2, 0.25) is 0 Å². The maximum absolute atomic E-state index is 12.1. The van der Waals surface area contributed by atoms with Gasteiger partial charge < -0.3 is 10.6 Å². The zero-order valence-corrected chi connectivity index (χ0v) is 15.2. The van der Waals surface area contributed by atoms with Crippen LogP contribution in [0.15, 0.2) is 71.9 Å². The van der Waals surface area contributed by atoms with Crippen LogP contribution in [0.3, 0.4) is 0 Å². The first-order valence-electron chi connectivity index (χ1n) is 8.14. The Hall–Kier alpha value is -3.17. The van der Waals surface area contributed by atoms with Gasteiger partial charge in [0.15, 0.2) is 0 Å². The van der Waals surface area contributed by atoms with Crippen LogP contribution in [-0.2, 0) is 23.1 Å². The Kier molecular flexibility index (Phi) is 5.53. The number of sulfonamides is 1. The van der Waals surface area contributed by atoms with Gasteiger partial charge in [-0.3, -0.25) is 4.68 Å². The summed E-state index contributed by atoms with van der Waals surface area (Å²) in [5, 5.41) is 14.7. The van der Waals surface area contributed by atoms with Crippen LogP contribution in [0.1, 0.15) is 11.1 Å². The minimum absolute atomic E-state index is 0.0130. The van der Waals surface area contributed by atoms with Crippen molar-refractivity contribution in [1.82, 2.24) is 15.1 Å². The molecule has 1 aromatic heterocycles. The van der Waals surface area contributed by atoms with Gasteiger partial charge >= 0.3 is 6.03 Å². The highest BCUT2D eigenvalue weighted by molar-refractivity contribution is 7.89. The standard InChI is InChI=1S/C18H19N5O3S/c19-27(25,26)17-8-6-16(7-9-17)22-18(24)20-12-14-4-1-2-5-15(14)13-23-11-3-10-21-23/h1-11H,12-13H2,(H2,19,25,26)(H2,20,22,24). The van der Waals surface area contributed by atoms with Crippen molar-refractivity contribution in [3.05, 3.63) is 78.1 Å². The van der Waals surface area contributed by atoms with Crippen LogP contribution in [0.5, 0.6) is 0 Å². The summed E-state index contributed by atoms with van der Waals surface area (Å²) in [6.45, 7) is 0.958. The molecule has 0 saturated carbocycles. The predicted octanol–water partition coefficient (Wildman–Crippen LogP) is 1.90. The average molecular weight is 385 g/mol. The number of primary sulfonamides is 1. The summed E-state index contributed by atoms with van der Waals surface area (Å²) in [7, 11) is -3.76. The molecule has 1 heterocycles. The molecule has 0 aliphatic rings. The van der Waals surface area contributed by atoms with E-state index in [1.165, 1.54) is 24.3 Å². The maximum atomic E-state index is 12.1. The van der Waals surface area contributed by atoms with E-state index in [0.29, 0.717) is 18.8 Å². The largest absolute Gasteiger partial charge is 0.334 e. The number of nitrogens with two attached hydrogens (primary N) is 1. The molecule has 2 amide bonds. The molecule has 0 atom stereocenters. The second-order valence-corrected chi connectivity index (χ2v) is 7.41. The third-order valence-electron chi connectivity index (χ3n) is 3.89. The van der Waals surface area contributed by atoms with Gasteiger partial charge in [0.2, 0.25) is 10.0 Å². The highest BCUT2D eigenvalue weighted by Gasteiger charge is 2.09. The Morgan fingerprint density at radius 1 is 1.04 bits per heavy atom. The minimum Gasteiger partial charge on any atom is -0.334 e. The van der Waals surface area contributed by atoms with E-state index < -0.39 is 16.1 Å². The Labute approximate surface area is 157 Å². The van der Waals surface area contributed by atoms with E-state index in [0.717, 1.165) is 11.1 Å². The Bertz CT molecular complexity index is 1020. The molecule has 3 rings (SSSR count). The summed E-state index contributed by atoms with van der Waals surface area (Å²) in [5.41, 5.74) is 2.50. The molecular formula is C18H19N5O3S. The molecule has 27 heavy (non-hydrogen) atoms. The molecule has 4 N–H and O–H groups in total. The second-order valence-electron chi connectivity index (χ2n) is 5.85. The number of nitrogens with one attached hydrogen (secondary N) is 2. The maximum Gasteiger partial charge on any atom is 0.319 e. The van der Waals surface area contributed by atoms with Crippen molar-refractivity contribution in [2.45, 2.75) is 18.0 Å². The molecule has 9 heteroatoms. The van der Waals surface area contributed by atoms with Gasteiger partial charge in [-0.15, -0.1) is 0 Å². The lowest BCUT2D eigenvalue weighted by molar-refractivity contribution is 0.251. The first-order chi connectivity index (χ1) is 12.9. The summed E-state index contributed by atoms with van der Waals surface area (Å²) >= 11 is 0. The minimum atomic E-state index is -3.76. The van der Waals surface area contributed by atoms with Crippen molar-refractivity contribution in [1.29, 1.82) is 0 Å². The quantitative estimate of drug-likeness (QED) is 0.600. The van der Waals surface area contributed by atoms with Crippen LogP contribution in [0.4, 0.5) is 10.5 Å². The third-order valence-corrected chi connectivity index (χ3v) is 4.82. The number of anilines is 1. The Morgan fingerprint density at radius 3 is 2.37 bits per heavy atom. The first kappa shape index (κ1) is 18.6. The highest BCUT2D eigenvalue weighted by Crippen LogP contribution is 2.13. The fourth-order valence-corrected chi connectivity index (χ4v) is 3.05. The summed E-state index contributed by atoms with van der Waals surface area (Å²) in [6.07, 6.45) is 3.59. The lowest BCUT2D eigenvalue weighted by atomic mass is 10.1. The van der Waals surface area contributed by atoms with Gasteiger partial charge in [0.05, 0.1) is 11.4 Å². The number of amides is 2. The number of rotatable bonds is 6. The third kappa shape index (κ3) is 5.16. The van der Waals surface area contributed by atoms with E-state index in [4.69, 9.17) is 5.14 Å². The molecule has 0 saturated heterocycles. The molecule has 140 valence electrons. The lowest BCUT2D eigenvalue weighted by Gasteiger charge is -2.12. The smallest absolute Gasteiger partial charge is 0.319 e. The number of benzene rings is 2. The van der Waals surface area contributed by atoms with Gasteiger partial charge in [0.1, 0.15) is 0 Å². The fraction of sp³-hybridized carbons (Fsp3) is 0.111. The monoisotopic (exact) mass is 385 g/mol. The van der Waals surface area contributed by atoms with E-state index in [1.54, 1.807) is 6.20 Å². The van der Waals surface area contributed by atoms with E-state index in [1.807, 2.05) is 41.2 Å². The molecule has 0 radical (unpaired) electrons. The number of hydrogen-bond donors (Lipinski definition) is 3. The van der Waals surface area contributed by atoms with Gasteiger partial charge in [-0.2, -0.15) is 5.10 Å². The molecule has 0 aliphatic carbocycles. The molecular weight excluding hydrogens is 366 g/mol. The van der Waals surface area contributed by atoms with Crippen molar-refractivity contribution in [2.75, 3.05) is 5.32 Å². The summed E-state index contributed by atoms with van der Waals surface area (Å²) in [6, 6.07) is 14.9. The van der Waals surface area contributed by atoms with E-state index in [2.05, 4.69) is 15.7 Å². The molecule has 2 aromatic carbocycles. The van der Waals surface area contributed by atoms with Gasteiger partial charge in [0.25, 0.3) is 0 Å². The SMILES string of the molecule is NS(=O)(=O)c1ccc(NC(=O)NCc2ccccc2Cn2cccn2)cc1. The lowest BCUT2D eigenvalue weighted by Crippen LogP contribution is -2.28. The van der Waals surface area contributed by atoms with Crippen molar-refractivity contribution >= 4 is 21.7 Å². The highest BCUT2D eigenvalue weighted by atomic mass is 32.2. The van der Waals surface area contributed by atoms with Crippen LogP contribution in [-0.4, -0.2) is 24.2 Å². The van der Waals surface area contributed by atoms with E-state index in [9.17, 15) is 13.2 Å².